The number of hydrogen-bond acceptors (Lipinski definition) is 6. The third-order valence-electron chi connectivity index (χ3n) is 5.50. The maximum Gasteiger partial charge on any atom is 0.430 e. The number of benzene rings is 2. The van der Waals surface area contributed by atoms with Crippen LogP contribution < -0.4 is 20.1 Å². The fourth-order valence-electron chi connectivity index (χ4n) is 3.71. The molecule has 4 rings (SSSR count). The van der Waals surface area contributed by atoms with Crippen LogP contribution in [0.4, 0.5) is 13.2 Å². The van der Waals surface area contributed by atoms with E-state index in [1.54, 1.807) is 18.6 Å². The normalized spacial score (nSPS) is 21.1. The van der Waals surface area contributed by atoms with Crippen molar-refractivity contribution >= 4 is 18.2 Å². The van der Waals surface area contributed by atoms with Gasteiger partial charge in [-0.3, -0.25) is 9.69 Å². The minimum atomic E-state index is -5.19. The van der Waals surface area contributed by atoms with Crippen LogP contribution in [0.5, 0.6) is 11.5 Å². The second-order valence-electron chi connectivity index (χ2n) is 8.03. The summed E-state index contributed by atoms with van der Waals surface area (Å²) in [7, 11) is 1.97. The number of likely N-dealkylation sites (N-methyl/N-ethyl adjacent to an activating group) is 1. The number of ether oxygens (including phenoxy) is 1. The lowest BCUT2D eigenvalue weighted by Gasteiger charge is -2.32. The highest BCUT2D eigenvalue weighted by atomic mass is 19.4. The zero-order valence-corrected chi connectivity index (χ0v) is 18.8. The number of fused-ring (bicyclic) bond motifs is 4. The Morgan fingerprint density at radius 1 is 1.26 bits per heavy atom. The number of rotatable bonds is 1. The summed E-state index contributed by atoms with van der Waals surface area (Å²) in [6.45, 7) is 1.96. The molecule has 0 aromatic heterocycles. The van der Waals surface area contributed by atoms with Gasteiger partial charge in [0.1, 0.15) is 29.1 Å². The quantitative estimate of drug-likeness (QED) is 0.631. The number of carbonyl (C=O) groups excluding carboxylic acids is 2. The van der Waals surface area contributed by atoms with E-state index in [-0.39, 0.29) is 5.91 Å². The SMILES string of the molecule is C[NH+]1C=NC=C1C1(C)NC(=O)CCc2cccc(c2)Oc2cc1ccc2C#N.O=C([O-])C(F)(F)F. The van der Waals surface area contributed by atoms with Crippen molar-refractivity contribution in [2.45, 2.75) is 31.5 Å². The van der Waals surface area contributed by atoms with Crippen molar-refractivity contribution in [3.05, 3.63) is 71.1 Å². The van der Waals surface area contributed by atoms with Crippen LogP contribution in [-0.4, -0.2) is 31.4 Å². The monoisotopic (exact) mass is 486 g/mol. The molecule has 11 heteroatoms. The first kappa shape index (κ1) is 25.5. The number of nitriles is 1. The molecule has 0 radical (unpaired) electrons. The van der Waals surface area contributed by atoms with Crippen molar-refractivity contribution in [1.29, 1.82) is 5.26 Å². The predicted octanol–water partition coefficient (Wildman–Crippen LogP) is 1.32. The smallest absolute Gasteiger partial charge is 0.430 e. The van der Waals surface area contributed by atoms with E-state index in [2.05, 4.69) is 16.4 Å². The molecular formula is C24H21F3N4O4. The van der Waals surface area contributed by atoms with E-state index >= 15 is 0 Å². The van der Waals surface area contributed by atoms with Crippen LogP contribution in [0.25, 0.3) is 0 Å². The van der Waals surface area contributed by atoms with Gasteiger partial charge in [0.15, 0.2) is 12.0 Å². The molecular weight excluding hydrogens is 465 g/mol. The molecule has 2 heterocycles. The zero-order chi connectivity index (χ0) is 25.8. The van der Waals surface area contributed by atoms with Gasteiger partial charge in [-0.2, -0.15) is 18.4 Å². The number of alkyl halides is 3. The van der Waals surface area contributed by atoms with Gasteiger partial charge in [0.2, 0.25) is 5.91 Å². The number of aryl methyl sites for hydroxylation is 1. The van der Waals surface area contributed by atoms with Gasteiger partial charge in [-0.25, -0.2) is 4.99 Å². The molecule has 2 N–H and O–H groups in total. The van der Waals surface area contributed by atoms with Gasteiger partial charge in [-0.1, -0.05) is 18.2 Å². The van der Waals surface area contributed by atoms with Gasteiger partial charge in [-0.15, -0.1) is 0 Å². The topological polar surface area (TPSA) is 119 Å². The van der Waals surface area contributed by atoms with Crippen molar-refractivity contribution in [3.8, 4) is 17.6 Å². The Bertz CT molecular complexity index is 1250. The highest BCUT2D eigenvalue weighted by Crippen LogP contribution is 2.34. The zero-order valence-electron chi connectivity index (χ0n) is 18.8. The van der Waals surface area contributed by atoms with Crippen molar-refractivity contribution in [1.82, 2.24) is 5.32 Å². The Kier molecular flexibility index (Phi) is 7.26. The number of carboxylic acids is 1. The second-order valence-corrected chi connectivity index (χ2v) is 8.03. The Morgan fingerprint density at radius 3 is 2.57 bits per heavy atom. The number of aliphatic carboxylic acids is 1. The minimum absolute atomic E-state index is 0.0408. The number of halogens is 3. The van der Waals surface area contributed by atoms with Crippen LogP contribution in [-0.2, 0) is 21.5 Å². The Hall–Kier alpha value is -4.17. The Balaban J connectivity index is 0.000000429. The van der Waals surface area contributed by atoms with E-state index in [0.717, 1.165) is 21.7 Å². The summed E-state index contributed by atoms with van der Waals surface area (Å²) in [5, 5.41) is 21.5. The lowest BCUT2D eigenvalue weighted by atomic mass is 9.87. The molecule has 2 aromatic carbocycles. The van der Waals surface area contributed by atoms with E-state index in [9.17, 15) is 23.2 Å². The first-order valence-corrected chi connectivity index (χ1v) is 10.4. The molecule has 35 heavy (non-hydrogen) atoms. The first-order valence-electron chi connectivity index (χ1n) is 10.4. The molecule has 0 aliphatic carbocycles. The number of nitrogens with one attached hydrogen (secondary N) is 2. The number of carboxylic acid groups (broad SMARTS) is 1. The van der Waals surface area contributed by atoms with E-state index in [4.69, 9.17) is 14.6 Å². The van der Waals surface area contributed by atoms with Gasteiger partial charge in [0.05, 0.1) is 18.8 Å². The summed E-state index contributed by atoms with van der Waals surface area (Å²) in [6, 6.07) is 15.2. The van der Waals surface area contributed by atoms with Gasteiger partial charge < -0.3 is 20.0 Å². The molecule has 0 fully saturated rings. The first-order chi connectivity index (χ1) is 16.4. The van der Waals surface area contributed by atoms with Crippen molar-refractivity contribution < 1.29 is 37.5 Å². The summed E-state index contributed by atoms with van der Waals surface area (Å²) in [4.78, 5) is 26.9. The molecule has 1 amide bonds. The minimum Gasteiger partial charge on any atom is -0.542 e. The highest BCUT2D eigenvalue weighted by molar-refractivity contribution is 5.78. The molecule has 2 aliphatic heterocycles. The molecule has 4 bridgehead atoms. The third kappa shape index (κ3) is 5.85. The van der Waals surface area contributed by atoms with Crippen LogP contribution in [0.3, 0.4) is 0 Å². The van der Waals surface area contributed by atoms with E-state index < -0.39 is 17.7 Å². The van der Waals surface area contributed by atoms with Crippen LogP contribution in [0, 0.1) is 11.3 Å². The number of aliphatic imine (C=N–C) groups is 1. The summed E-state index contributed by atoms with van der Waals surface area (Å²) < 4.78 is 37.6. The largest absolute Gasteiger partial charge is 0.542 e. The van der Waals surface area contributed by atoms with Crippen LogP contribution >= 0.6 is 0 Å². The van der Waals surface area contributed by atoms with Crippen LogP contribution in [0.15, 0.2) is 59.4 Å². The van der Waals surface area contributed by atoms with Gasteiger partial charge in [-0.05, 0) is 48.7 Å². The summed E-state index contributed by atoms with van der Waals surface area (Å²) in [5.41, 5.74) is 2.43. The number of nitrogens with zero attached hydrogens (tertiary/aromatic N) is 2. The standard InChI is InChI=1S/C22H20N4O2.C2HF3O2/c1-22(20-13-24-14-26(20)2)17-8-7-16(12-23)19(11-17)28-18-5-3-4-15(10-18)6-9-21(27)25-22;3-2(4,5)1(6)7/h3-5,7-8,10-11,13-14H,6,9H2,1-2H3,(H,25,27);(H,6,7). The molecule has 8 nitrogen and oxygen atoms in total. The van der Waals surface area contributed by atoms with E-state index in [1.807, 2.05) is 50.4 Å². The lowest BCUT2D eigenvalue weighted by Crippen LogP contribution is -3.07. The van der Waals surface area contributed by atoms with Crippen molar-refractivity contribution in [2.75, 3.05) is 7.05 Å². The summed E-state index contributed by atoms with van der Waals surface area (Å²) >= 11 is 0. The molecule has 2 aromatic rings. The average molecular weight is 486 g/mol. The second kappa shape index (κ2) is 9.99. The number of quaternary nitrogens is 1. The fourth-order valence-corrected chi connectivity index (χ4v) is 3.71. The van der Waals surface area contributed by atoms with Gasteiger partial charge >= 0.3 is 6.18 Å². The molecule has 0 spiro atoms. The summed E-state index contributed by atoms with van der Waals surface area (Å²) in [5.74, 6) is -1.93. The molecule has 2 atom stereocenters. The number of hydrogen-bond donors (Lipinski definition) is 2. The molecule has 0 saturated heterocycles. The molecule has 182 valence electrons. The number of carbonyl (C=O) groups is 2. The van der Waals surface area contributed by atoms with Gasteiger partial charge in [0, 0.05) is 6.42 Å². The van der Waals surface area contributed by atoms with E-state index in [0.29, 0.717) is 29.9 Å². The van der Waals surface area contributed by atoms with Gasteiger partial charge in [0.25, 0.3) is 0 Å². The highest BCUT2D eigenvalue weighted by Gasteiger charge is 2.40. The fraction of sp³-hybridized carbons (Fsp3) is 0.250. The Labute approximate surface area is 198 Å². The van der Waals surface area contributed by atoms with Crippen LogP contribution in [0.1, 0.15) is 30.0 Å². The molecule has 0 saturated carbocycles. The number of amides is 1. The Morgan fingerprint density at radius 2 is 1.97 bits per heavy atom. The van der Waals surface area contributed by atoms with Crippen LogP contribution in [0.2, 0.25) is 0 Å². The maximum atomic E-state index is 12.8. The maximum absolute atomic E-state index is 12.8. The predicted molar refractivity (Wildman–Crippen MR) is 116 cm³/mol. The molecule has 2 unspecified atom stereocenters. The third-order valence-corrected chi connectivity index (χ3v) is 5.50. The average Bonchev–Trinajstić information content (AvgIpc) is 3.23. The van der Waals surface area contributed by atoms with Crippen molar-refractivity contribution in [2.24, 2.45) is 4.99 Å². The van der Waals surface area contributed by atoms with Crippen molar-refractivity contribution in [3.63, 3.8) is 0 Å². The summed E-state index contributed by atoms with van der Waals surface area (Å²) in [6.07, 6.45) is -0.650. The lowest BCUT2D eigenvalue weighted by molar-refractivity contribution is -0.733. The molecule has 2 aliphatic rings. The van der Waals surface area contributed by atoms with E-state index in [1.165, 1.54) is 0 Å².